The van der Waals surface area contributed by atoms with Crippen LogP contribution in [0.4, 0.5) is 0 Å². The van der Waals surface area contributed by atoms with Crippen LogP contribution >= 0.6 is 11.8 Å². The molecule has 0 spiro atoms. The van der Waals surface area contributed by atoms with E-state index in [9.17, 15) is 19.2 Å². The highest BCUT2D eigenvalue weighted by Crippen LogP contribution is 2.24. The van der Waals surface area contributed by atoms with Gasteiger partial charge in [-0.25, -0.2) is 0 Å². The zero-order chi connectivity index (χ0) is 21.5. The van der Waals surface area contributed by atoms with E-state index in [1.807, 2.05) is 27.7 Å². The average Bonchev–Trinajstić information content (AvgIpc) is 2.85. The van der Waals surface area contributed by atoms with Crippen LogP contribution in [-0.4, -0.2) is 65.2 Å². The van der Waals surface area contributed by atoms with Crippen molar-refractivity contribution in [2.75, 3.05) is 26.0 Å². The first-order chi connectivity index (χ1) is 12.9. The van der Waals surface area contributed by atoms with Gasteiger partial charge in [0.25, 0.3) is 0 Å². The Bertz CT molecular complexity index is 603. The minimum absolute atomic E-state index is 0.104. The number of carbonyl (C=O) groups is 4. The fraction of sp³-hybridized carbons (Fsp3) is 0.800. The van der Waals surface area contributed by atoms with Crippen LogP contribution in [0, 0.1) is 5.41 Å². The second-order valence-electron chi connectivity index (χ2n) is 8.46. The number of nitrogens with zero attached hydrogens (tertiary/aromatic N) is 1. The number of Topliss-reactive ketones (excluding diaryl/α,β-unsaturated/α-hetero) is 1. The minimum Gasteiger partial charge on any atom is -0.375 e. The number of carbonyl (C=O) groups excluding carboxylic acids is 4. The number of thioether (sulfide) groups is 1. The van der Waals surface area contributed by atoms with E-state index in [2.05, 4.69) is 5.32 Å². The van der Waals surface area contributed by atoms with Gasteiger partial charge in [-0.1, -0.05) is 13.8 Å². The van der Waals surface area contributed by atoms with E-state index in [0.717, 1.165) is 0 Å². The number of hydrogen-bond acceptors (Lipinski definition) is 6. The van der Waals surface area contributed by atoms with Crippen LogP contribution in [-0.2, 0) is 23.9 Å². The summed E-state index contributed by atoms with van der Waals surface area (Å²) in [5, 5.41) is 2.50. The Morgan fingerprint density at radius 3 is 2.39 bits per heavy atom. The smallest absolute Gasteiger partial charge is 0.242 e. The number of nitrogens with one attached hydrogen (secondary N) is 1. The molecule has 0 aromatic heterocycles. The lowest BCUT2D eigenvalue weighted by atomic mass is 9.86. The molecule has 1 heterocycles. The second-order valence-corrected chi connectivity index (χ2v) is 9.50. The first kappa shape index (κ1) is 24.6. The van der Waals surface area contributed by atoms with E-state index in [-0.39, 0.29) is 48.1 Å². The third kappa shape index (κ3) is 7.54. The van der Waals surface area contributed by atoms with Crippen LogP contribution in [0.15, 0.2) is 0 Å². The zero-order valence-electron chi connectivity index (χ0n) is 17.9. The predicted molar refractivity (Wildman–Crippen MR) is 110 cm³/mol. The van der Waals surface area contributed by atoms with Gasteiger partial charge in [-0.2, -0.15) is 11.8 Å². The van der Waals surface area contributed by atoms with Crippen LogP contribution < -0.4 is 5.32 Å². The topological polar surface area (TPSA) is 92.8 Å². The van der Waals surface area contributed by atoms with Gasteiger partial charge < -0.3 is 10.1 Å². The minimum atomic E-state index is -0.424. The van der Waals surface area contributed by atoms with Gasteiger partial charge in [-0.3, -0.25) is 24.1 Å². The first-order valence-corrected chi connectivity index (χ1v) is 11.0. The number of likely N-dealkylation sites (tertiary alicyclic amines) is 1. The number of hydrogen-bond donors (Lipinski definition) is 1. The van der Waals surface area contributed by atoms with Gasteiger partial charge in [0.05, 0.1) is 10.9 Å². The van der Waals surface area contributed by atoms with E-state index >= 15 is 0 Å². The van der Waals surface area contributed by atoms with Crippen LogP contribution in [0.2, 0.25) is 0 Å². The SMILES string of the molecule is CSC1CC(=O)N(CCC(=O)NCCC(C)(C)OCCC(C)(C)C(C)=O)C1=O. The molecule has 8 heteroatoms. The lowest BCUT2D eigenvalue weighted by molar-refractivity contribution is -0.138. The van der Waals surface area contributed by atoms with Crippen molar-refractivity contribution in [3.63, 3.8) is 0 Å². The Kier molecular flexibility index (Phi) is 9.14. The summed E-state index contributed by atoms with van der Waals surface area (Å²) in [5.41, 5.74) is -0.823. The van der Waals surface area contributed by atoms with Gasteiger partial charge in [-0.15, -0.1) is 0 Å². The van der Waals surface area contributed by atoms with Gasteiger partial charge in [0, 0.05) is 38.0 Å². The van der Waals surface area contributed by atoms with Crippen molar-refractivity contribution in [3.05, 3.63) is 0 Å². The molecular formula is C20H34N2O5S. The van der Waals surface area contributed by atoms with Crippen molar-refractivity contribution >= 4 is 35.3 Å². The third-order valence-electron chi connectivity index (χ3n) is 5.27. The number of imide groups is 1. The molecular weight excluding hydrogens is 380 g/mol. The van der Waals surface area contributed by atoms with E-state index in [4.69, 9.17) is 4.74 Å². The lowest BCUT2D eigenvalue weighted by Gasteiger charge is -2.28. The molecule has 1 atom stereocenters. The Hall–Kier alpha value is -1.41. The molecule has 1 N–H and O–H groups in total. The summed E-state index contributed by atoms with van der Waals surface area (Å²) in [4.78, 5) is 48.6. The molecule has 1 aliphatic heterocycles. The number of ketones is 1. The van der Waals surface area contributed by atoms with E-state index in [1.54, 1.807) is 13.2 Å². The molecule has 0 aromatic carbocycles. The first-order valence-electron chi connectivity index (χ1n) is 9.68. The van der Waals surface area contributed by atoms with Crippen LogP contribution in [0.1, 0.15) is 60.3 Å². The highest BCUT2D eigenvalue weighted by Gasteiger charge is 2.37. The van der Waals surface area contributed by atoms with Crippen LogP contribution in [0.3, 0.4) is 0 Å². The summed E-state index contributed by atoms with van der Waals surface area (Å²) in [5.74, 6) is -0.463. The summed E-state index contributed by atoms with van der Waals surface area (Å²) in [6.07, 6.45) is 3.39. The third-order valence-corrected chi connectivity index (χ3v) is 6.21. The molecule has 0 radical (unpaired) electrons. The van der Waals surface area contributed by atoms with Gasteiger partial charge in [-0.05, 0) is 39.9 Å². The molecule has 160 valence electrons. The quantitative estimate of drug-likeness (QED) is 0.492. The largest absolute Gasteiger partial charge is 0.375 e. The molecule has 0 aromatic rings. The number of rotatable bonds is 12. The van der Waals surface area contributed by atoms with Crippen LogP contribution in [0.25, 0.3) is 0 Å². The summed E-state index contributed by atoms with van der Waals surface area (Å²) < 4.78 is 5.89. The fourth-order valence-electron chi connectivity index (χ4n) is 2.71. The van der Waals surface area contributed by atoms with Crippen LogP contribution in [0.5, 0.6) is 0 Å². The molecule has 0 bridgehead atoms. The molecule has 1 aliphatic rings. The van der Waals surface area contributed by atoms with Gasteiger partial charge in [0.1, 0.15) is 5.78 Å². The van der Waals surface area contributed by atoms with Crippen molar-refractivity contribution in [1.82, 2.24) is 10.2 Å². The highest BCUT2D eigenvalue weighted by molar-refractivity contribution is 8.00. The summed E-state index contributed by atoms with van der Waals surface area (Å²) in [7, 11) is 0. The molecule has 1 saturated heterocycles. The normalized spacial score (nSPS) is 17.9. The maximum absolute atomic E-state index is 12.0. The van der Waals surface area contributed by atoms with Crippen molar-refractivity contribution in [2.45, 2.75) is 71.2 Å². The molecule has 7 nitrogen and oxygen atoms in total. The Morgan fingerprint density at radius 1 is 1.21 bits per heavy atom. The van der Waals surface area contributed by atoms with Crippen molar-refractivity contribution in [2.24, 2.45) is 5.41 Å². The monoisotopic (exact) mass is 414 g/mol. The fourth-order valence-corrected chi connectivity index (χ4v) is 3.35. The molecule has 3 amide bonds. The summed E-state index contributed by atoms with van der Waals surface area (Å²) in [6.45, 7) is 10.3. The molecule has 1 unspecified atom stereocenters. The maximum Gasteiger partial charge on any atom is 0.242 e. The van der Waals surface area contributed by atoms with Crippen molar-refractivity contribution in [1.29, 1.82) is 0 Å². The Labute approximate surface area is 172 Å². The van der Waals surface area contributed by atoms with Gasteiger partial charge in [0.2, 0.25) is 17.7 Å². The zero-order valence-corrected chi connectivity index (χ0v) is 18.7. The van der Waals surface area contributed by atoms with E-state index < -0.39 is 11.0 Å². The highest BCUT2D eigenvalue weighted by atomic mass is 32.2. The second kappa shape index (κ2) is 10.4. The lowest BCUT2D eigenvalue weighted by Crippen LogP contribution is -2.37. The average molecular weight is 415 g/mol. The van der Waals surface area contributed by atoms with E-state index in [1.165, 1.54) is 16.7 Å². The Morgan fingerprint density at radius 2 is 1.86 bits per heavy atom. The molecule has 0 aliphatic carbocycles. The molecule has 1 fully saturated rings. The summed E-state index contributed by atoms with van der Waals surface area (Å²) in [6, 6.07) is 0. The number of ether oxygens (including phenoxy) is 1. The van der Waals surface area contributed by atoms with E-state index in [0.29, 0.717) is 26.0 Å². The predicted octanol–water partition coefficient (Wildman–Crippen LogP) is 2.17. The Balaban J connectivity index is 2.28. The summed E-state index contributed by atoms with van der Waals surface area (Å²) >= 11 is 1.36. The van der Waals surface area contributed by atoms with Gasteiger partial charge in [0.15, 0.2) is 0 Å². The standard InChI is InChI=1S/C20H34N2O5S/c1-14(23)19(2,3)9-12-27-20(4,5)8-10-21-16(24)7-11-22-17(25)13-15(28-6)18(22)26/h15H,7-13H2,1-6H3,(H,21,24). The molecule has 0 saturated carbocycles. The van der Waals surface area contributed by atoms with Crippen molar-refractivity contribution in [3.8, 4) is 0 Å². The maximum atomic E-state index is 12.0. The number of amides is 3. The molecule has 1 rings (SSSR count). The molecule has 28 heavy (non-hydrogen) atoms. The van der Waals surface area contributed by atoms with Crippen molar-refractivity contribution < 1.29 is 23.9 Å². The van der Waals surface area contributed by atoms with Gasteiger partial charge >= 0.3 is 0 Å².